The third-order valence-electron chi connectivity index (χ3n) is 3.09. The van der Waals surface area contributed by atoms with Gasteiger partial charge in [-0.05, 0) is 25.1 Å². The lowest BCUT2D eigenvalue weighted by molar-refractivity contribution is 0.0780. The van der Waals surface area contributed by atoms with Crippen LogP contribution in [0.5, 0.6) is 5.75 Å². The van der Waals surface area contributed by atoms with Crippen molar-refractivity contribution in [2.75, 3.05) is 7.05 Å². The van der Waals surface area contributed by atoms with Crippen LogP contribution in [-0.4, -0.2) is 23.0 Å². The summed E-state index contributed by atoms with van der Waals surface area (Å²) in [7, 11) is 1.58. The number of nitrogens with zero attached hydrogens (tertiary/aromatic N) is 1. The summed E-state index contributed by atoms with van der Waals surface area (Å²) in [6.07, 6.45) is 0. The van der Waals surface area contributed by atoms with Gasteiger partial charge in [0.05, 0.1) is 5.56 Å². The molecule has 2 rings (SSSR count). The fraction of sp³-hybridized carbons (Fsp3) is 0.188. The molecule has 4 heteroatoms. The Morgan fingerprint density at radius 2 is 1.95 bits per heavy atom. The zero-order valence-electron chi connectivity index (χ0n) is 11.4. The molecule has 0 unspecified atom stereocenters. The van der Waals surface area contributed by atoms with Crippen LogP contribution in [0.25, 0.3) is 0 Å². The molecular formula is C16H16FNO2. The first-order valence-corrected chi connectivity index (χ1v) is 6.27. The van der Waals surface area contributed by atoms with E-state index in [1.54, 1.807) is 37.4 Å². The molecule has 1 amide bonds. The molecule has 1 N–H and O–H groups in total. The van der Waals surface area contributed by atoms with E-state index in [-0.39, 0.29) is 29.6 Å². The SMILES string of the molecule is Cc1ccc(O)c(C(=O)N(C)Cc2ccccc2F)c1. The standard InChI is InChI=1S/C16H16FNO2/c1-11-7-8-15(19)13(9-11)16(20)18(2)10-12-5-3-4-6-14(12)17/h3-9,19H,10H2,1-2H3. The van der Waals surface area contributed by atoms with Crippen LogP contribution >= 0.6 is 0 Å². The first-order valence-electron chi connectivity index (χ1n) is 6.27. The maximum Gasteiger partial charge on any atom is 0.257 e. The molecule has 0 bridgehead atoms. The van der Waals surface area contributed by atoms with Gasteiger partial charge in [-0.25, -0.2) is 4.39 Å². The molecule has 3 nitrogen and oxygen atoms in total. The van der Waals surface area contributed by atoms with Crippen molar-refractivity contribution in [3.63, 3.8) is 0 Å². The molecule has 0 aromatic heterocycles. The molecule has 0 atom stereocenters. The average Bonchev–Trinajstić information content (AvgIpc) is 2.43. The fourth-order valence-electron chi connectivity index (χ4n) is 1.98. The van der Waals surface area contributed by atoms with Crippen molar-refractivity contribution in [3.8, 4) is 5.75 Å². The van der Waals surface area contributed by atoms with E-state index in [4.69, 9.17) is 0 Å². The van der Waals surface area contributed by atoms with Crippen LogP contribution in [0.15, 0.2) is 42.5 Å². The summed E-state index contributed by atoms with van der Waals surface area (Å²) in [5, 5.41) is 9.75. The van der Waals surface area contributed by atoms with Crippen LogP contribution < -0.4 is 0 Å². The van der Waals surface area contributed by atoms with Crippen LogP contribution in [0, 0.1) is 12.7 Å². The van der Waals surface area contributed by atoms with Crippen LogP contribution in [0.4, 0.5) is 4.39 Å². The van der Waals surface area contributed by atoms with Crippen molar-refractivity contribution in [1.82, 2.24) is 4.90 Å². The third kappa shape index (κ3) is 2.96. The van der Waals surface area contributed by atoms with E-state index in [1.165, 1.54) is 17.0 Å². The highest BCUT2D eigenvalue weighted by molar-refractivity contribution is 5.96. The van der Waals surface area contributed by atoms with E-state index in [9.17, 15) is 14.3 Å². The van der Waals surface area contributed by atoms with E-state index in [0.29, 0.717) is 5.56 Å². The largest absolute Gasteiger partial charge is 0.507 e. The van der Waals surface area contributed by atoms with E-state index in [2.05, 4.69) is 0 Å². The van der Waals surface area contributed by atoms with Gasteiger partial charge in [0.1, 0.15) is 11.6 Å². The van der Waals surface area contributed by atoms with Gasteiger partial charge in [0.25, 0.3) is 5.91 Å². The number of carbonyl (C=O) groups is 1. The quantitative estimate of drug-likeness (QED) is 0.933. The summed E-state index contributed by atoms with van der Waals surface area (Å²) in [6, 6.07) is 11.2. The number of aryl methyl sites for hydroxylation is 1. The Kier molecular flexibility index (Phi) is 4.03. The average molecular weight is 273 g/mol. The molecule has 0 heterocycles. The van der Waals surface area contributed by atoms with Gasteiger partial charge in [-0.1, -0.05) is 29.8 Å². The number of aromatic hydroxyl groups is 1. The molecule has 0 aliphatic carbocycles. The Labute approximate surface area is 117 Å². The lowest BCUT2D eigenvalue weighted by Crippen LogP contribution is -2.26. The summed E-state index contributed by atoms with van der Waals surface area (Å²) in [5.74, 6) is -0.754. The fourth-order valence-corrected chi connectivity index (χ4v) is 1.98. The maximum atomic E-state index is 13.6. The monoisotopic (exact) mass is 273 g/mol. The molecule has 0 saturated heterocycles. The molecule has 104 valence electrons. The highest BCUT2D eigenvalue weighted by Gasteiger charge is 2.17. The number of hydrogen-bond donors (Lipinski definition) is 1. The van der Waals surface area contributed by atoms with Gasteiger partial charge in [-0.2, -0.15) is 0 Å². The third-order valence-corrected chi connectivity index (χ3v) is 3.09. The van der Waals surface area contributed by atoms with Crippen molar-refractivity contribution < 1.29 is 14.3 Å². The molecule has 0 fully saturated rings. The van der Waals surface area contributed by atoms with Gasteiger partial charge in [-0.3, -0.25) is 4.79 Å². The van der Waals surface area contributed by atoms with Crippen molar-refractivity contribution in [1.29, 1.82) is 0 Å². The molecule has 0 saturated carbocycles. The van der Waals surface area contributed by atoms with Gasteiger partial charge >= 0.3 is 0 Å². The number of hydrogen-bond acceptors (Lipinski definition) is 2. The number of phenolic OH excluding ortho intramolecular Hbond substituents is 1. The first kappa shape index (κ1) is 14.1. The summed E-state index contributed by atoms with van der Waals surface area (Å²) in [4.78, 5) is 13.7. The van der Waals surface area contributed by atoms with Crippen LogP contribution in [0.3, 0.4) is 0 Å². The normalized spacial score (nSPS) is 10.3. The van der Waals surface area contributed by atoms with Gasteiger partial charge in [0, 0.05) is 19.2 Å². The summed E-state index contributed by atoms with van der Waals surface area (Å²) < 4.78 is 13.6. The summed E-state index contributed by atoms with van der Waals surface area (Å²) in [6.45, 7) is 1.99. The zero-order valence-corrected chi connectivity index (χ0v) is 11.4. The Hall–Kier alpha value is -2.36. The van der Waals surface area contributed by atoms with Crippen molar-refractivity contribution in [3.05, 3.63) is 65.0 Å². The van der Waals surface area contributed by atoms with Gasteiger partial charge in [0.15, 0.2) is 0 Å². The Morgan fingerprint density at radius 1 is 1.25 bits per heavy atom. The minimum absolute atomic E-state index is 0.0685. The number of benzene rings is 2. The second kappa shape index (κ2) is 5.74. The molecule has 2 aromatic carbocycles. The second-order valence-electron chi connectivity index (χ2n) is 4.77. The van der Waals surface area contributed by atoms with E-state index < -0.39 is 0 Å². The number of amides is 1. The summed E-state index contributed by atoms with van der Waals surface area (Å²) in [5.41, 5.74) is 1.55. The van der Waals surface area contributed by atoms with Crippen LogP contribution in [-0.2, 0) is 6.54 Å². The van der Waals surface area contributed by atoms with E-state index in [0.717, 1.165) is 5.56 Å². The molecule has 0 aliphatic rings. The lowest BCUT2D eigenvalue weighted by Gasteiger charge is -2.18. The van der Waals surface area contributed by atoms with Crippen molar-refractivity contribution >= 4 is 5.91 Å². The summed E-state index contributed by atoms with van der Waals surface area (Å²) >= 11 is 0. The smallest absolute Gasteiger partial charge is 0.257 e. The molecule has 20 heavy (non-hydrogen) atoms. The van der Waals surface area contributed by atoms with Crippen LogP contribution in [0.2, 0.25) is 0 Å². The van der Waals surface area contributed by atoms with E-state index >= 15 is 0 Å². The Morgan fingerprint density at radius 3 is 2.65 bits per heavy atom. The number of halogens is 1. The highest BCUT2D eigenvalue weighted by Crippen LogP contribution is 2.20. The Bertz CT molecular complexity index is 640. The molecular weight excluding hydrogens is 257 g/mol. The van der Waals surface area contributed by atoms with E-state index in [1.807, 2.05) is 6.92 Å². The number of rotatable bonds is 3. The van der Waals surface area contributed by atoms with Gasteiger partial charge in [0.2, 0.25) is 0 Å². The minimum Gasteiger partial charge on any atom is -0.507 e. The molecule has 2 aromatic rings. The zero-order chi connectivity index (χ0) is 14.7. The molecule has 0 radical (unpaired) electrons. The Balaban J connectivity index is 2.21. The minimum atomic E-state index is -0.347. The van der Waals surface area contributed by atoms with Gasteiger partial charge < -0.3 is 10.0 Å². The van der Waals surface area contributed by atoms with Crippen LogP contribution in [0.1, 0.15) is 21.5 Å². The highest BCUT2D eigenvalue weighted by atomic mass is 19.1. The molecule has 0 aliphatic heterocycles. The lowest BCUT2D eigenvalue weighted by atomic mass is 10.1. The van der Waals surface area contributed by atoms with Gasteiger partial charge in [-0.15, -0.1) is 0 Å². The van der Waals surface area contributed by atoms with Crippen molar-refractivity contribution in [2.45, 2.75) is 13.5 Å². The maximum absolute atomic E-state index is 13.6. The first-order chi connectivity index (χ1) is 9.49. The number of carbonyl (C=O) groups excluding carboxylic acids is 1. The topological polar surface area (TPSA) is 40.5 Å². The molecule has 0 spiro atoms. The predicted octanol–water partition coefficient (Wildman–Crippen LogP) is 3.11. The predicted molar refractivity (Wildman–Crippen MR) is 75.0 cm³/mol. The van der Waals surface area contributed by atoms with Crippen molar-refractivity contribution in [2.24, 2.45) is 0 Å². The second-order valence-corrected chi connectivity index (χ2v) is 4.77. The number of phenols is 1.